The summed E-state index contributed by atoms with van der Waals surface area (Å²) in [5, 5.41) is 4.26. The van der Waals surface area contributed by atoms with Crippen molar-refractivity contribution in [1.29, 1.82) is 0 Å². The van der Waals surface area contributed by atoms with Crippen LogP contribution in [0.15, 0.2) is 78.8 Å². The van der Waals surface area contributed by atoms with Crippen molar-refractivity contribution in [3.8, 4) is 0 Å². The number of likely N-dealkylation sites (N-methyl/N-ethyl adjacent to an activating group) is 1. The molecule has 1 aliphatic heterocycles. The van der Waals surface area contributed by atoms with Crippen molar-refractivity contribution in [2.75, 3.05) is 12.4 Å². The second-order valence-electron chi connectivity index (χ2n) is 6.00. The minimum atomic E-state index is -0.0134. The number of para-hydroxylation sites is 1. The molecule has 5 heteroatoms. The maximum Gasteiger partial charge on any atom is 0.196 e. The summed E-state index contributed by atoms with van der Waals surface area (Å²) in [6.07, 6.45) is 9.18. The predicted octanol–water partition coefficient (Wildman–Crippen LogP) is 3.57. The van der Waals surface area contributed by atoms with E-state index in [1.54, 1.807) is 12.4 Å². The Morgan fingerprint density at radius 2 is 2.04 bits per heavy atom. The van der Waals surface area contributed by atoms with Gasteiger partial charge in [-0.25, -0.2) is 4.98 Å². The topological polar surface area (TPSA) is 61.0 Å². The minimum Gasteiger partial charge on any atom is -0.362 e. The molecular weight excluding hydrogens is 312 g/mol. The van der Waals surface area contributed by atoms with E-state index >= 15 is 0 Å². The van der Waals surface area contributed by atoms with Gasteiger partial charge in [0.05, 0.1) is 0 Å². The lowest BCUT2D eigenvalue weighted by molar-refractivity contribution is 0.103. The summed E-state index contributed by atoms with van der Waals surface area (Å²) in [6, 6.07) is 13.7. The number of ketones is 1. The van der Waals surface area contributed by atoms with E-state index in [9.17, 15) is 4.79 Å². The van der Waals surface area contributed by atoms with Crippen LogP contribution in [0.3, 0.4) is 0 Å². The van der Waals surface area contributed by atoms with Crippen LogP contribution in [0.5, 0.6) is 0 Å². The highest BCUT2D eigenvalue weighted by molar-refractivity contribution is 6.17. The van der Waals surface area contributed by atoms with E-state index in [1.165, 1.54) is 0 Å². The van der Waals surface area contributed by atoms with Crippen LogP contribution in [0, 0.1) is 0 Å². The molecule has 2 aromatic heterocycles. The lowest BCUT2D eigenvalue weighted by atomic mass is 10.0. The number of carbonyl (C=O) groups excluding carboxylic acids is 1. The first-order chi connectivity index (χ1) is 12.2. The third kappa shape index (κ3) is 2.92. The first-order valence-corrected chi connectivity index (χ1v) is 8.13. The van der Waals surface area contributed by atoms with Crippen molar-refractivity contribution in [3.63, 3.8) is 0 Å². The van der Waals surface area contributed by atoms with Crippen molar-refractivity contribution < 1.29 is 4.79 Å². The maximum atomic E-state index is 12.9. The van der Waals surface area contributed by atoms with Gasteiger partial charge in [0.25, 0.3) is 0 Å². The molecule has 0 saturated carbocycles. The van der Waals surface area contributed by atoms with Crippen LogP contribution < -0.4 is 5.32 Å². The molecule has 0 aliphatic carbocycles. The standard InChI is InChI=1S/C20H18N4O/c1-24-13-14(9-10-18(24)23-15-6-3-2-4-7-15)19(25)17-12-22-20-16(17)8-5-11-21-20/h2-13,18,23H,1H3,(H,21,22). The minimum absolute atomic E-state index is 0.00332. The number of allylic oxidation sites excluding steroid dienone is 2. The fourth-order valence-electron chi connectivity index (χ4n) is 2.96. The summed E-state index contributed by atoms with van der Waals surface area (Å²) < 4.78 is 0. The van der Waals surface area contributed by atoms with Crippen LogP contribution >= 0.6 is 0 Å². The zero-order valence-corrected chi connectivity index (χ0v) is 13.8. The van der Waals surface area contributed by atoms with Crippen molar-refractivity contribution in [3.05, 3.63) is 84.3 Å². The zero-order valence-electron chi connectivity index (χ0n) is 13.8. The molecule has 0 amide bonds. The molecular formula is C20H18N4O. The fraction of sp³-hybridized carbons (Fsp3) is 0.100. The average Bonchev–Trinajstić information content (AvgIpc) is 3.08. The molecule has 1 atom stereocenters. The second-order valence-corrected chi connectivity index (χ2v) is 6.00. The number of nitrogens with zero attached hydrogens (tertiary/aromatic N) is 2. The zero-order chi connectivity index (χ0) is 17.2. The third-order valence-electron chi connectivity index (χ3n) is 4.29. The van der Waals surface area contributed by atoms with Gasteiger partial charge in [0.15, 0.2) is 5.78 Å². The largest absolute Gasteiger partial charge is 0.362 e. The number of H-pyrrole nitrogens is 1. The van der Waals surface area contributed by atoms with E-state index < -0.39 is 0 Å². The molecule has 4 rings (SSSR count). The predicted molar refractivity (Wildman–Crippen MR) is 99.3 cm³/mol. The van der Waals surface area contributed by atoms with Crippen molar-refractivity contribution in [1.82, 2.24) is 14.9 Å². The first kappa shape index (κ1) is 15.2. The fourth-order valence-corrected chi connectivity index (χ4v) is 2.96. The summed E-state index contributed by atoms with van der Waals surface area (Å²) in [7, 11) is 1.95. The molecule has 1 aromatic carbocycles. The van der Waals surface area contributed by atoms with E-state index in [2.05, 4.69) is 15.3 Å². The smallest absolute Gasteiger partial charge is 0.196 e. The van der Waals surface area contributed by atoms with Gasteiger partial charge in [0.1, 0.15) is 11.8 Å². The van der Waals surface area contributed by atoms with E-state index in [-0.39, 0.29) is 11.9 Å². The summed E-state index contributed by atoms with van der Waals surface area (Å²) in [5.74, 6) is -0.0134. The van der Waals surface area contributed by atoms with Crippen molar-refractivity contribution in [2.24, 2.45) is 0 Å². The van der Waals surface area contributed by atoms with Gasteiger partial charge in [0, 0.05) is 47.9 Å². The molecule has 1 unspecified atom stereocenters. The Kier molecular flexibility index (Phi) is 3.82. The Morgan fingerprint density at radius 3 is 2.84 bits per heavy atom. The Morgan fingerprint density at radius 1 is 1.20 bits per heavy atom. The van der Waals surface area contributed by atoms with E-state index in [0.29, 0.717) is 11.1 Å². The number of hydrogen-bond acceptors (Lipinski definition) is 4. The monoisotopic (exact) mass is 330 g/mol. The van der Waals surface area contributed by atoms with Gasteiger partial charge in [0.2, 0.25) is 0 Å². The number of anilines is 1. The van der Waals surface area contributed by atoms with Crippen LogP contribution in [0.2, 0.25) is 0 Å². The van der Waals surface area contributed by atoms with Crippen LogP contribution in [0.4, 0.5) is 5.69 Å². The molecule has 25 heavy (non-hydrogen) atoms. The molecule has 0 fully saturated rings. The number of pyridine rings is 1. The molecule has 3 aromatic rings. The molecule has 0 radical (unpaired) electrons. The normalized spacial score (nSPS) is 16.8. The summed E-state index contributed by atoms with van der Waals surface area (Å²) in [5.41, 5.74) is 3.05. The van der Waals surface area contributed by atoms with E-state index in [4.69, 9.17) is 0 Å². The number of rotatable bonds is 4. The lowest BCUT2D eigenvalue weighted by Gasteiger charge is -2.29. The van der Waals surface area contributed by atoms with Crippen LogP contribution in [-0.4, -0.2) is 33.9 Å². The summed E-state index contributed by atoms with van der Waals surface area (Å²) in [4.78, 5) is 22.2. The average molecular weight is 330 g/mol. The highest BCUT2D eigenvalue weighted by atomic mass is 16.1. The molecule has 1 aliphatic rings. The molecule has 5 nitrogen and oxygen atoms in total. The number of aromatic amines is 1. The number of benzene rings is 1. The number of hydrogen-bond donors (Lipinski definition) is 2. The number of Topliss-reactive ketones (excluding diaryl/α,β-unsaturated/α-hetero) is 1. The highest BCUT2D eigenvalue weighted by Crippen LogP contribution is 2.22. The molecule has 0 bridgehead atoms. The summed E-state index contributed by atoms with van der Waals surface area (Å²) >= 11 is 0. The van der Waals surface area contributed by atoms with Crippen LogP contribution in [0.25, 0.3) is 11.0 Å². The van der Waals surface area contributed by atoms with Gasteiger partial charge >= 0.3 is 0 Å². The Balaban J connectivity index is 1.55. The van der Waals surface area contributed by atoms with E-state index in [0.717, 1.165) is 16.7 Å². The molecule has 0 spiro atoms. The summed E-state index contributed by atoms with van der Waals surface area (Å²) in [6.45, 7) is 0. The lowest BCUT2D eigenvalue weighted by Crippen LogP contribution is -2.35. The Labute approximate surface area is 145 Å². The van der Waals surface area contributed by atoms with Gasteiger partial charge in [-0.2, -0.15) is 0 Å². The highest BCUT2D eigenvalue weighted by Gasteiger charge is 2.20. The van der Waals surface area contributed by atoms with Gasteiger partial charge in [-0.05, 0) is 36.4 Å². The SMILES string of the molecule is CN1C=C(C(=O)c2c[nH]c3ncccc23)C=CC1Nc1ccccc1. The number of aromatic nitrogens is 2. The van der Waals surface area contributed by atoms with Gasteiger partial charge < -0.3 is 15.2 Å². The molecule has 0 saturated heterocycles. The maximum absolute atomic E-state index is 12.9. The number of nitrogens with one attached hydrogen (secondary N) is 2. The van der Waals surface area contributed by atoms with Gasteiger partial charge in [-0.3, -0.25) is 4.79 Å². The van der Waals surface area contributed by atoms with Crippen molar-refractivity contribution >= 4 is 22.5 Å². The molecule has 124 valence electrons. The van der Waals surface area contributed by atoms with Gasteiger partial charge in [-0.15, -0.1) is 0 Å². The number of fused-ring (bicyclic) bond motifs is 1. The Hall–Kier alpha value is -3.34. The quantitative estimate of drug-likeness (QED) is 0.718. The molecule has 3 heterocycles. The van der Waals surface area contributed by atoms with Crippen LogP contribution in [0.1, 0.15) is 10.4 Å². The number of carbonyl (C=O) groups is 1. The van der Waals surface area contributed by atoms with Crippen molar-refractivity contribution in [2.45, 2.75) is 6.17 Å². The van der Waals surface area contributed by atoms with E-state index in [1.807, 2.05) is 72.8 Å². The van der Waals surface area contributed by atoms with Gasteiger partial charge in [-0.1, -0.05) is 18.2 Å². The first-order valence-electron chi connectivity index (χ1n) is 8.13. The second kappa shape index (κ2) is 6.28. The van der Waals surface area contributed by atoms with Crippen LogP contribution in [-0.2, 0) is 0 Å². The Bertz CT molecular complexity index is 972. The third-order valence-corrected chi connectivity index (χ3v) is 4.29. The molecule has 2 N–H and O–H groups in total.